The van der Waals surface area contributed by atoms with Crippen LogP contribution >= 0.6 is 0 Å². The topological polar surface area (TPSA) is 90.2 Å². The Morgan fingerprint density at radius 1 is 1.23 bits per heavy atom. The average molecular weight is 359 g/mol. The maximum absolute atomic E-state index is 12.3. The van der Waals surface area contributed by atoms with Crippen LogP contribution in [0.1, 0.15) is 42.7 Å². The van der Waals surface area contributed by atoms with Gasteiger partial charge in [-0.2, -0.15) is 0 Å². The number of hydrazine groups is 1. The summed E-state index contributed by atoms with van der Waals surface area (Å²) in [5.41, 5.74) is 9.48. The number of benzene rings is 1. The molecule has 0 aliphatic rings. The molecule has 0 unspecified atom stereocenters. The van der Waals surface area contributed by atoms with Crippen LogP contribution in [0.2, 0.25) is 0 Å². The Morgan fingerprint density at radius 2 is 2.04 bits per heavy atom. The van der Waals surface area contributed by atoms with Crippen molar-refractivity contribution in [3.05, 3.63) is 35.5 Å². The number of hydrogen-bond donors (Lipinski definition) is 5. The zero-order chi connectivity index (χ0) is 18.9. The van der Waals surface area contributed by atoms with Gasteiger partial charge in [0.05, 0.1) is 12.3 Å². The van der Waals surface area contributed by atoms with Crippen LogP contribution in [0.25, 0.3) is 0 Å². The molecule has 0 bridgehead atoms. The molecule has 2 rings (SSSR count). The highest BCUT2D eigenvalue weighted by Crippen LogP contribution is 2.30. The van der Waals surface area contributed by atoms with Gasteiger partial charge in [0.15, 0.2) is 11.6 Å². The molecule has 2 aromatic rings. The summed E-state index contributed by atoms with van der Waals surface area (Å²) in [7, 11) is 1.82. The lowest BCUT2D eigenvalue weighted by Crippen LogP contribution is -2.24. The zero-order valence-electron chi connectivity index (χ0n) is 16.0. The number of aryl methyl sites for hydroxylation is 1. The molecule has 1 heterocycles. The molecule has 7 heteroatoms. The minimum atomic E-state index is -0.131. The van der Waals surface area contributed by atoms with E-state index >= 15 is 0 Å². The first kappa shape index (κ1) is 19.7. The van der Waals surface area contributed by atoms with Crippen LogP contribution in [-0.2, 0) is 0 Å². The summed E-state index contributed by atoms with van der Waals surface area (Å²) in [5.74, 6) is 1.15. The number of carbonyl (C=O) groups excluding carboxylic acids is 1. The highest BCUT2D eigenvalue weighted by atomic mass is 16.5. The summed E-state index contributed by atoms with van der Waals surface area (Å²) < 4.78 is 5.67. The molecule has 1 aromatic heterocycles. The molecule has 0 fully saturated rings. The average Bonchev–Trinajstić information content (AvgIpc) is 3.01. The van der Waals surface area contributed by atoms with Crippen LogP contribution in [0.15, 0.2) is 24.3 Å². The summed E-state index contributed by atoms with van der Waals surface area (Å²) in [6.07, 6.45) is 2.00. The number of H-pyrrole nitrogens is 1. The molecule has 0 radical (unpaired) electrons. The van der Waals surface area contributed by atoms with E-state index in [4.69, 9.17) is 4.74 Å². The largest absolute Gasteiger partial charge is 0.490 e. The monoisotopic (exact) mass is 359 g/mol. The Bertz CT molecular complexity index is 727. The summed E-state index contributed by atoms with van der Waals surface area (Å²) in [4.78, 5) is 15.4. The van der Waals surface area contributed by atoms with Crippen LogP contribution < -0.4 is 26.2 Å². The quantitative estimate of drug-likeness (QED) is 0.331. The Hall–Kier alpha value is -2.67. The maximum atomic E-state index is 12.3. The van der Waals surface area contributed by atoms with E-state index in [2.05, 4.69) is 33.4 Å². The van der Waals surface area contributed by atoms with Gasteiger partial charge in [-0.3, -0.25) is 4.79 Å². The highest BCUT2D eigenvalue weighted by Gasteiger charge is 2.15. The van der Waals surface area contributed by atoms with Crippen molar-refractivity contribution in [3.8, 4) is 5.75 Å². The van der Waals surface area contributed by atoms with E-state index in [0.29, 0.717) is 30.4 Å². The molecule has 5 N–H and O–H groups in total. The third-order valence-corrected chi connectivity index (χ3v) is 3.91. The van der Waals surface area contributed by atoms with E-state index in [1.54, 1.807) is 6.07 Å². The molecule has 0 aliphatic carbocycles. The summed E-state index contributed by atoms with van der Waals surface area (Å²) in [6.45, 7) is 7.22. The fourth-order valence-electron chi connectivity index (χ4n) is 2.51. The van der Waals surface area contributed by atoms with Gasteiger partial charge >= 0.3 is 0 Å². The minimum Gasteiger partial charge on any atom is -0.490 e. The van der Waals surface area contributed by atoms with E-state index in [9.17, 15) is 4.79 Å². The smallest absolute Gasteiger partial charge is 0.267 e. The van der Waals surface area contributed by atoms with Gasteiger partial charge in [-0.05, 0) is 38.0 Å². The number of unbranched alkanes of at least 4 members (excludes halogenated alkanes) is 1. The summed E-state index contributed by atoms with van der Waals surface area (Å²) >= 11 is 0. The van der Waals surface area contributed by atoms with Gasteiger partial charge in [-0.1, -0.05) is 19.4 Å². The van der Waals surface area contributed by atoms with Crippen molar-refractivity contribution in [1.82, 2.24) is 15.7 Å². The predicted molar refractivity (Wildman–Crippen MR) is 106 cm³/mol. The van der Waals surface area contributed by atoms with Crippen molar-refractivity contribution in [2.24, 2.45) is 0 Å². The number of ether oxygens (including phenoxy) is 1. The van der Waals surface area contributed by atoms with E-state index in [0.717, 1.165) is 29.8 Å². The molecule has 7 nitrogen and oxygen atoms in total. The van der Waals surface area contributed by atoms with E-state index in [-0.39, 0.29) is 5.91 Å². The van der Waals surface area contributed by atoms with Gasteiger partial charge < -0.3 is 25.8 Å². The SMILES string of the molecule is CCCCNC(=O)c1cc(OCC)c(Nc2ccc(C)c(NNC)c2)[nH]1. The Morgan fingerprint density at radius 3 is 2.73 bits per heavy atom. The number of hydrogen-bond acceptors (Lipinski definition) is 5. The van der Waals surface area contributed by atoms with Gasteiger partial charge in [0.25, 0.3) is 5.91 Å². The Balaban J connectivity index is 2.19. The number of anilines is 3. The van der Waals surface area contributed by atoms with Crippen molar-refractivity contribution >= 4 is 23.1 Å². The molecule has 0 atom stereocenters. The summed E-state index contributed by atoms with van der Waals surface area (Å²) in [5, 5.41) is 6.21. The minimum absolute atomic E-state index is 0.131. The normalized spacial score (nSPS) is 10.5. The van der Waals surface area contributed by atoms with Crippen LogP contribution in [0.5, 0.6) is 5.75 Å². The Labute approximate surface area is 154 Å². The number of aromatic amines is 1. The lowest BCUT2D eigenvalue weighted by molar-refractivity contribution is 0.0948. The van der Waals surface area contributed by atoms with Crippen LogP contribution in [-0.4, -0.2) is 31.1 Å². The standard InChI is InChI=1S/C19H29N5O2/c1-5-7-10-21-19(25)16-12-17(26-6-2)18(23-16)22-14-9-8-13(3)15(11-14)24-20-4/h8-9,11-12,20,22-24H,5-7,10H2,1-4H3,(H,21,25). The van der Waals surface area contributed by atoms with Crippen molar-refractivity contribution < 1.29 is 9.53 Å². The first-order valence-electron chi connectivity index (χ1n) is 9.03. The third-order valence-electron chi connectivity index (χ3n) is 3.91. The molecule has 0 spiro atoms. The number of carbonyl (C=O) groups is 1. The molecule has 1 amide bonds. The lowest BCUT2D eigenvalue weighted by atomic mass is 10.2. The van der Waals surface area contributed by atoms with Crippen molar-refractivity contribution in [1.29, 1.82) is 0 Å². The second kappa shape index (κ2) is 9.72. The fraction of sp³-hybridized carbons (Fsp3) is 0.421. The third kappa shape index (κ3) is 5.16. The number of nitrogens with one attached hydrogen (secondary N) is 5. The molecule has 1 aromatic carbocycles. The first-order valence-corrected chi connectivity index (χ1v) is 9.03. The van der Waals surface area contributed by atoms with E-state index < -0.39 is 0 Å². The maximum Gasteiger partial charge on any atom is 0.267 e. The lowest BCUT2D eigenvalue weighted by Gasteiger charge is -2.12. The van der Waals surface area contributed by atoms with Gasteiger partial charge in [0.2, 0.25) is 0 Å². The Kier molecular flexibility index (Phi) is 7.35. The molecule has 0 saturated heterocycles. The van der Waals surface area contributed by atoms with Crippen molar-refractivity contribution in [2.75, 3.05) is 30.9 Å². The number of rotatable bonds is 10. The fourth-order valence-corrected chi connectivity index (χ4v) is 2.51. The van der Waals surface area contributed by atoms with Gasteiger partial charge in [-0.15, -0.1) is 0 Å². The highest BCUT2D eigenvalue weighted by molar-refractivity contribution is 5.94. The summed E-state index contributed by atoms with van der Waals surface area (Å²) in [6, 6.07) is 7.72. The molecule has 0 aliphatic heterocycles. The van der Waals surface area contributed by atoms with Gasteiger partial charge in [-0.25, -0.2) is 5.43 Å². The predicted octanol–water partition coefficient (Wildman–Crippen LogP) is 3.54. The van der Waals surface area contributed by atoms with Crippen molar-refractivity contribution in [3.63, 3.8) is 0 Å². The van der Waals surface area contributed by atoms with E-state index in [1.165, 1.54) is 0 Å². The van der Waals surface area contributed by atoms with Gasteiger partial charge in [0.1, 0.15) is 5.69 Å². The number of amides is 1. The molecule has 0 saturated carbocycles. The van der Waals surface area contributed by atoms with Crippen LogP contribution in [0, 0.1) is 6.92 Å². The second-order valence-corrected chi connectivity index (χ2v) is 5.99. The van der Waals surface area contributed by atoms with Crippen LogP contribution in [0.4, 0.5) is 17.2 Å². The number of aromatic nitrogens is 1. The molecule has 26 heavy (non-hydrogen) atoms. The zero-order valence-corrected chi connectivity index (χ0v) is 16.0. The van der Waals surface area contributed by atoms with Crippen LogP contribution in [0.3, 0.4) is 0 Å². The second-order valence-electron chi connectivity index (χ2n) is 5.99. The molecule has 142 valence electrons. The molecular weight excluding hydrogens is 330 g/mol. The van der Waals surface area contributed by atoms with Gasteiger partial charge in [0, 0.05) is 25.3 Å². The van der Waals surface area contributed by atoms with E-state index in [1.807, 2.05) is 39.1 Å². The van der Waals surface area contributed by atoms with Crippen molar-refractivity contribution in [2.45, 2.75) is 33.6 Å². The first-order chi connectivity index (χ1) is 12.6. The molecular formula is C19H29N5O2.